The van der Waals surface area contributed by atoms with Gasteiger partial charge in [0.05, 0.1) is 11.2 Å². The average Bonchev–Trinajstić information content (AvgIpc) is 3.69. The van der Waals surface area contributed by atoms with E-state index in [0.717, 1.165) is 22.2 Å². The fourth-order valence-corrected chi connectivity index (χ4v) is 12.9. The summed E-state index contributed by atoms with van der Waals surface area (Å²) in [4.78, 5) is 5.42. The van der Waals surface area contributed by atoms with Crippen molar-refractivity contribution in [3.05, 3.63) is 185 Å². The average molecular weight is 874 g/mol. The molecule has 0 atom stereocenters. The number of aromatic nitrogens is 1. The van der Waals surface area contributed by atoms with Crippen LogP contribution in [0, 0.1) is 0 Å². The van der Waals surface area contributed by atoms with Gasteiger partial charge in [-0.15, -0.1) is 0 Å². The lowest BCUT2D eigenvalue weighted by molar-refractivity contribution is 0.591. The summed E-state index contributed by atoms with van der Waals surface area (Å²) in [6, 6.07) is 59.1. The van der Waals surface area contributed by atoms with Crippen LogP contribution in [0.4, 0.5) is 0 Å². The highest BCUT2D eigenvalue weighted by Gasteiger charge is 2.39. The molecular weight excluding hydrogens is 819 g/mol. The van der Waals surface area contributed by atoms with Gasteiger partial charge in [0.1, 0.15) is 0 Å². The van der Waals surface area contributed by atoms with Crippen LogP contribution in [0.25, 0.3) is 120 Å². The van der Waals surface area contributed by atoms with E-state index in [1.165, 1.54) is 131 Å². The van der Waals surface area contributed by atoms with Crippen molar-refractivity contribution in [2.24, 2.45) is 0 Å². The first-order chi connectivity index (χ1) is 32.4. The van der Waals surface area contributed by atoms with E-state index in [0.29, 0.717) is 0 Å². The van der Waals surface area contributed by atoms with Gasteiger partial charge >= 0.3 is 0 Å². The van der Waals surface area contributed by atoms with Crippen LogP contribution in [0.5, 0.6) is 0 Å². The molecule has 0 amide bonds. The van der Waals surface area contributed by atoms with Crippen molar-refractivity contribution in [3.63, 3.8) is 0 Å². The first-order valence-electron chi connectivity index (χ1n) is 24.7. The van der Waals surface area contributed by atoms with Gasteiger partial charge in [-0.3, -0.25) is 0 Å². The molecule has 0 radical (unpaired) electrons. The Morgan fingerprint density at radius 1 is 0.338 bits per heavy atom. The van der Waals surface area contributed by atoms with Crippen LogP contribution < -0.4 is 0 Å². The molecule has 0 bridgehead atoms. The maximum absolute atomic E-state index is 5.42. The van der Waals surface area contributed by atoms with Crippen molar-refractivity contribution >= 4 is 75.5 Å². The zero-order valence-corrected chi connectivity index (χ0v) is 40.9. The van der Waals surface area contributed by atoms with Gasteiger partial charge in [0, 0.05) is 21.8 Å². The number of benzene rings is 11. The highest BCUT2D eigenvalue weighted by atomic mass is 14.7. The summed E-state index contributed by atoms with van der Waals surface area (Å²) >= 11 is 0. The van der Waals surface area contributed by atoms with Crippen molar-refractivity contribution in [3.8, 4) is 44.6 Å². The normalized spacial score (nSPS) is 15.1. The maximum atomic E-state index is 5.42. The van der Waals surface area contributed by atoms with E-state index in [9.17, 15) is 0 Å². The van der Waals surface area contributed by atoms with E-state index in [2.05, 4.69) is 221 Å². The minimum absolute atomic E-state index is 0.0889. The standard InChI is InChI=1S/C67H55N/c1-64(2,3)46-27-40-13-15-44-33-54-62(50-24-19-42(29-46)58(40)60(44)50)48-22-17-37(31-52(48)66(54,7)8)38-12-11-36-21-26-56(68-57(36)35-38)39-18-23-49-53(32-39)67(9,10)55-34-45-16-14-41-28-47(65(4,5)6)30-43-20-25-51(63(49)55)61(45)59(41)43/h11-35H,1-10H3. The Kier molecular flexibility index (Phi) is 7.60. The molecule has 1 nitrogen and oxygen atoms in total. The minimum atomic E-state index is -0.164. The Morgan fingerprint density at radius 2 is 0.721 bits per heavy atom. The van der Waals surface area contributed by atoms with Crippen LogP contribution in [-0.2, 0) is 21.7 Å². The molecule has 0 aliphatic heterocycles. The fraction of sp³-hybridized carbons (Fsp3) is 0.209. The molecule has 0 spiro atoms. The van der Waals surface area contributed by atoms with Crippen LogP contribution in [0.1, 0.15) is 103 Å². The number of pyridine rings is 1. The van der Waals surface area contributed by atoms with Gasteiger partial charge in [-0.05, 0) is 179 Å². The smallest absolute Gasteiger partial charge is 0.0715 e. The van der Waals surface area contributed by atoms with Crippen molar-refractivity contribution in [2.45, 2.75) is 90.9 Å². The predicted molar refractivity (Wildman–Crippen MR) is 293 cm³/mol. The summed E-state index contributed by atoms with van der Waals surface area (Å²) in [5.74, 6) is 0. The second-order valence-corrected chi connectivity index (χ2v) is 23.6. The monoisotopic (exact) mass is 873 g/mol. The Balaban J connectivity index is 0.846. The van der Waals surface area contributed by atoms with Crippen molar-refractivity contribution < 1.29 is 0 Å². The number of rotatable bonds is 2. The van der Waals surface area contributed by atoms with Crippen LogP contribution >= 0.6 is 0 Å². The molecule has 1 aromatic heterocycles. The predicted octanol–water partition coefficient (Wildman–Crippen LogP) is 18.6. The Hall–Kier alpha value is -7.09. The summed E-state index contributed by atoms with van der Waals surface area (Å²) in [5, 5.41) is 17.4. The molecule has 328 valence electrons. The molecule has 0 unspecified atom stereocenters. The Labute approximate surface area is 399 Å². The SMILES string of the molecule is CC(C)(C)c1cc2ccc3cc4c(c5ccc(c1)c2c35)-c1ccc(-c2ccc3ccc(-c5ccc6c(c5)C(C)(C)c5cc7ccc8cc(C(C)(C)C)cc9ccc(c5-6)c7c89)nc3c2)cc1C4(C)C. The number of hydrogen-bond acceptors (Lipinski definition) is 1. The third kappa shape index (κ3) is 5.31. The Bertz CT molecular complexity index is 3890. The summed E-state index contributed by atoms with van der Waals surface area (Å²) in [6.07, 6.45) is 0. The largest absolute Gasteiger partial charge is 0.248 e. The highest BCUT2D eigenvalue weighted by molar-refractivity contribution is 6.28. The van der Waals surface area contributed by atoms with Gasteiger partial charge in [-0.25, -0.2) is 4.98 Å². The van der Waals surface area contributed by atoms with E-state index in [1.807, 2.05) is 0 Å². The third-order valence-corrected chi connectivity index (χ3v) is 16.8. The lowest BCUT2D eigenvalue weighted by Crippen LogP contribution is -2.15. The molecule has 68 heavy (non-hydrogen) atoms. The zero-order valence-electron chi connectivity index (χ0n) is 40.9. The van der Waals surface area contributed by atoms with E-state index in [1.54, 1.807) is 0 Å². The van der Waals surface area contributed by atoms with E-state index < -0.39 is 0 Å². The molecule has 0 saturated heterocycles. The topological polar surface area (TPSA) is 12.9 Å². The zero-order chi connectivity index (χ0) is 46.6. The second kappa shape index (κ2) is 12.9. The quantitative estimate of drug-likeness (QED) is 0.158. The fourth-order valence-electron chi connectivity index (χ4n) is 12.9. The summed E-state index contributed by atoms with van der Waals surface area (Å²) in [7, 11) is 0. The molecule has 0 saturated carbocycles. The molecule has 12 aromatic rings. The molecule has 1 heteroatoms. The first kappa shape index (κ1) is 40.0. The molecule has 2 aliphatic rings. The number of nitrogens with zero attached hydrogens (tertiary/aromatic N) is 1. The maximum Gasteiger partial charge on any atom is 0.0715 e. The van der Waals surface area contributed by atoms with E-state index in [4.69, 9.17) is 4.98 Å². The van der Waals surface area contributed by atoms with Crippen LogP contribution in [-0.4, -0.2) is 4.98 Å². The second-order valence-electron chi connectivity index (χ2n) is 23.6. The van der Waals surface area contributed by atoms with Gasteiger partial charge in [0.25, 0.3) is 0 Å². The minimum Gasteiger partial charge on any atom is -0.248 e. The molecule has 2 aliphatic carbocycles. The lowest BCUT2D eigenvalue weighted by Gasteiger charge is -2.24. The van der Waals surface area contributed by atoms with Gasteiger partial charge in [0.2, 0.25) is 0 Å². The van der Waals surface area contributed by atoms with E-state index >= 15 is 0 Å². The van der Waals surface area contributed by atoms with Crippen LogP contribution in [0.3, 0.4) is 0 Å². The first-order valence-corrected chi connectivity index (χ1v) is 24.7. The Morgan fingerprint density at radius 3 is 1.21 bits per heavy atom. The van der Waals surface area contributed by atoms with Crippen LogP contribution in [0.15, 0.2) is 152 Å². The number of hydrogen-bond donors (Lipinski definition) is 0. The lowest BCUT2D eigenvalue weighted by atomic mass is 9.79. The molecule has 11 aromatic carbocycles. The van der Waals surface area contributed by atoms with Gasteiger partial charge in [-0.1, -0.05) is 184 Å². The van der Waals surface area contributed by atoms with Crippen molar-refractivity contribution in [1.82, 2.24) is 4.98 Å². The number of fused-ring (bicyclic) bond motifs is 9. The molecule has 0 fully saturated rings. The van der Waals surface area contributed by atoms with Crippen molar-refractivity contribution in [1.29, 1.82) is 0 Å². The molecule has 1 heterocycles. The van der Waals surface area contributed by atoms with Crippen LogP contribution in [0.2, 0.25) is 0 Å². The molecular formula is C67H55N. The molecule has 14 rings (SSSR count). The van der Waals surface area contributed by atoms with Crippen molar-refractivity contribution in [2.75, 3.05) is 0 Å². The third-order valence-electron chi connectivity index (χ3n) is 16.8. The van der Waals surface area contributed by atoms with Gasteiger partial charge in [0.15, 0.2) is 0 Å². The van der Waals surface area contributed by atoms with Gasteiger partial charge < -0.3 is 0 Å². The summed E-state index contributed by atoms with van der Waals surface area (Å²) < 4.78 is 0. The summed E-state index contributed by atoms with van der Waals surface area (Å²) in [5.41, 5.74) is 19.3. The highest BCUT2D eigenvalue weighted by Crippen LogP contribution is 2.56. The molecule has 0 N–H and O–H groups in total. The summed E-state index contributed by atoms with van der Waals surface area (Å²) in [6.45, 7) is 23.5. The van der Waals surface area contributed by atoms with Gasteiger partial charge in [-0.2, -0.15) is 0 Å². The van der Waals surface area contributed by atoms with E-state index in [-0.39, 0.29) is 21.7 Å².